The van der Waals surface area contributed by atoms with Gasteiger partial charge in [0.25, 0.3) is 5.56 Å². The second-order valence-corrected chi connectivity index (χ2v) is 5.94. The van der Waals surface area contributed by atoms with Crippen molar-refractivity contribution in [3.63, 3.8) is 0 Å². The predicted octanol–water partition coefficient (Wildman–Crippen LogP) is 1.65. The molecule has 0 aliphatic rings. The fourth-order valence-corrected chi connectivity index (χ4v) is 1.75. The third kappa shape index (κ3) is 6.38. The van der Waals surface area contributed by atoms with E-state index >= 15 is 0 Å². The Balaban J connectivity index is 2.48. The lowest BCUT2D eigenvalue weighted by atomic mass is 10.2. The first-order valence-corrected chi connectivity index (χ1v) is 7.46. The molecule has 0 aliphatic heterocycles. The average molecular weight is 321 g/mol. The van der Waals surface area contributed by atoms with Crippen molar-refractivity contribution in [3.05, 3.63) is 22.6 Å². The van der Waals surface area contributed by atoms with Crippen molar-refractivity contribution < 1.29 is 9.53 Å². The lowest BCUT2D eigenvalue weighted by molar-refractivity contribution is 0.0530. The number of amides is 1. The summed E-state index contributed by atoms with van der Waals surface area (Å²) in [6.07, 6.45) is 1.50. The Hall–Kier alpha value is -2.56. The van der Waals surface area contributed by atoms with E-state index in [1.165, 1.54) is 12.3 Å². The van der Waals surface area contributed by atoms with Gasteiger partial charge in [0.1, 0.15) is 11.6 Å². The van der Waals surface area contributed by atoms with Crippen LogP contribution >= 0.6 is 0 Å². The molecular formula is C15H23N5O3. The van der Waals surface area contributed by atoms with Crippen LogP contribution in [0.3, 0.4) is 0 Å². The molecular weight excluding hydrogens is 298 g/mol. The molecule has 1 unspecified atom stereocenters. The summed E-state index contributed by atoms with van der Waals surface area (Å²) in [6, 6.07) is 2.84. The average Bonchev–Trinajstić information content (AvgIpc) is 2.45. The van der Waals surface area contributed by atoms with Gasteiger partial charge in [0.2, 0.25) is 0 Å². The summed E-state index contributed by atoms with van der Waals surface area (Å²) >= 11 is 0. The van der Waals surface area contributed by atoms with Crippen LogP contribution in [0.5, 0.6) is 0 Å². The SMILES string of the molecule is CCC(C#N)n1ncc(NCCNC(=O)OC(C)(C)C)cc1=O. The van der Waals surface area contributed by atoms with Gasteiger partial charge in [-0.1, -0.05) is 6.92 Å². The Labute approximate surface area is 135 Å². The number of anilines is 1. The highest BCUT2D eigenvalue weighted by Gasteiger charge is 2.15. The molecule has 0 fully saturated rings. The first-order valence-electron chi connectivity index (χ1n) is 7.46. The van der Waals surface area contributed by atoms with Crippen molar-refractivity contribution in [3.8, 4) is 6.07 Å². The quantitative estimate of drug-likeness (QED) is 0.771. The van der Waals surface area contributed by atoms with Gasteiger partial charge in [-0.15, -0.1) is 0 Å². The fourth-order valence-electron chi connectivity index (χ4n) is 1.75. The summed E-state index contributed by atoms with van der Waals surface area (Å²) in [7, 11) is 0. The zero-order valence-corrected chi connectivity index (χ0v) is 13.9. The smallest absolute Gasteiger partial charge is 0.407 e. The molecule has 2 N–H and O–H groups in total. The summed E-state index contributed by atoms with van der Waals surface area (Å²) in [5.41, 5.74) is -0.351. The molecule has 0 spiro atoms. The maximum atomic E-state index is 11.9. The molecule has 0 saturated heterocycles. The van der Waals surface area contributed by atoms with E-state index in [1.807, 2.05) is 13.0 Å². The van der Waals surface area contributed by atoms with Crippen molar-refractivity contribution in [1.29, 1.82) is 5.26 Å². The highest BCUT2D eigenvalue weighted by molar-refractivity contribution is 5.67. The van der Waals surface area contributed by atoms with Gasteiger partial charge in [-0.3, -0.25) is 4.79 Å². The third-order valence-electron chi connectivity index (χ3n) is 2.78. The summed E-state index contributed by atoms with van der Waals surface area (Å²) in [6.45, 7) is 7.94. The second-order valence-electron chi connectivity index (χ2n) is 5.94. The number of hydrogen-bond acceptors (Lipinski definition) is 6. The molecule has 8 heteroatoms. The van der Waals surface area contributed by atoms with Crippen LogP contribution in [0.4, 0.5) is 10.5 Å². The van der Waals surface area contributed by atoms with Gasteiger partial charge in [-0.2, -0.15) is 10.4 Å². The Bertz CT molecular complexity index is 627. The first-order chi connectivity index (χ1) is 10.8. The van der Waals surface area contributed by atoms with Gasteiger partial charge in [0.05, 0.1) is 18.0 Å². The van der Waals surface area contributed by atoms with E-state index in [4.69, 9.17) is 10.00 Å². The maximum absolute atomic E-state index is 11.9. The molecule has 1 atom stereocenters. The van der Waals surface area contributed by atoms with Gasteiger partial charge in [0, 0.05) is 19.2 Å². The Kier molecular flexibility index (Phi) is 6.57. The number of hydrogen-bond donors (Lipinski definition) is 2. The molecule has 1 heterocycles. The fraction of sp³-hybridized carbons (Fsp3) is 0.600. The molecule has 8 nitrogen and oxygen atoms in total. The maximum Gasteiger partial charge on any atom is 0.407 e. The number of nitriles is 1. The van der Waals surface area contributed by atoms with Crippen molar-refractivity contribution in [2.24, 2.45) is 0 Å². The number of nitrogens with zero attached hydrogens (tertiary/aromatic N) is 3. The molecule has 0 aromatic carbocycles. The Morgan fingerprint density at radius 2 is 2.17 bits per heavy atom. The largest absolute Gasteiger partial charge is 0.444 e. The van der Waals surface area contributed by atoms with Crippen LogP contribution in [0, 0.1) is 11.3 Å². The molecule has 0 aliphatic carbocycles. The van der Waals surface area contributed by atoms with E-state index in [-0.39, 0.29) is 5.56 Å². The molecule has 1 aromatic rings. The van der Waals surface area contributed by atoms with E-state index < -0.39 is 17.7 Å². The number of aromatic nitrogens is 2. The summed E-state index contributed by atoms with van der Waals surface area (Å²) in [4.78, 5) is 23.4. The van der Waals surface area contributed by atoms with Gasteiger partial charge in [-0.25, -0.2) is 9.48 Å². The predicted molar refractivity (Wildman–Crippen MR) is 86.2 cm³/mol. The van der Waals surface area contributed by atoms with E-state index in [1.54, 1.807) is 20.8 Å². The van der Waals surface area contributed by atoms with E-state index in [2.05, 4.69) is 15.7 Å². The summed E-state index contributed by atoms with van der Waals surface area (Å²) in [5.74, 6) is 0. The van der Waals surface area contributed by atoms with E-state index in [9.17, 15) is 9.59 Å². The molecule has 1 amide bonds. The number of rotatable bonds is 6. The molecule has 126 valence electrons. The van der Waals surface area contributed by atoms with Crippen LogP contribution in [0.25, 0.3) is 0 Å². The van der Waals surface area contributed by atoms with Crippen molar-refractivity contribution in [1.82, 2.24) is 15.1 Å². The van der Waals surface area contributed by atoms with Crippen LogP contribution in [0.2, 0.25) is 0 Å². The number of ether oxygens (including phenoxy) is 1. The third-order valence-corrected chi connectivity index (χ3v) is 2.78. The summed E-state index contributed by atoms with van der Waals surface area (Å²) in [5, 5.41) is 18.5. The molecule has 0 bridgehead atoms. The number of carbonyl (C=O) groups excluding carboxylic acids is 1. The summed E-state index contributed by atoms with van der Waals surface area (Å²) < 4.78 is 6.26. The van der Waals surface area contributed by atoms with Crippen molar-refractivity contribution >= 4 is 11.8 Å². The van der Waals surface area contributed by atoms with Crippen molar-refractivity contribution in [2.45, 2.75) is 45.8 Å². The lowest BCUT2D eigenvalue weighted by Crippen LogP contribution is -2.35. The van der Waals surface area contributed by atoms with E-state index in [0.29, 0.717) is 25.2 Å². The van der Waals surface area contributed by atoms with Gasteiger partial charge in [-0.05, 0) is 27.2 Å². The molecule has 0 radical (unpaired) electrons. The number of alkyl carbamates (subject to hydrolysis) is 1. The zero-order valence-electron chi connectivity index (χ0n) is 13.9. The highest BCUT2D eigenvalue weighted by atomic mass is 16.6. The number of nitrogens with one attached hydrogen (secondary N) is 2. The van der Waals surface area contributed by atoms with Gasteiger partial charge >= 0.3 is 6.09 Å². The normalized spacial score (nSPS) is 12.1. The van der Waals surface area contributed by atoms with Gasteiger partial charge in [0.15, 0.2) is 0 Å². The van der Waals surface area contributed by atoms with Gasteiger partial charge < -0.3 is 15.4 Å². The highest BCUT2D eigenvalue weighted by Crippen LogP contribution is 2.07. The van der Waals surface area contributed by atoms with Crippen molar-refractivity contribution in [2.75, 3.05) is 18.4 Å². The second kappa shape index (κ2) is 8.17. The minimum atomic E-state index is -0.564. The Morgan fingerprint density at radius 3 is 2.70 bits per heavy atom. The lowest BCUT2D eigenvalue weighted by Gasteiger charge is -2.19. The molecule has 0 saturated carbocycles. The van der Waals surface area contributed by atoms with Crippen LogP contribution in [-0.2, 0) is 4.74 Å². The van der Waals surface area contributed by atoms with E-state index in [0.717, 1.165) is 4.68 Å². The molecule has 23 heavy (non-hydrogen) atoms. The Morgan fingerprint density at radius 1 is 1.48 bits per heavy atom. The monoisotopic (exact) mass is 321 g/mol. The van der Waals surface area contributed by atoms with Crippen LogP contribution in [0.1, 0.15) is 40.2 Å². The number of carbonyl (C=O) groups is 1. The first kappa shape index (κ1) is 18.5. The van der Waals surface area contributed by atoms with Crippen LogP contribution in [0.15, 0.2) is 17.1 Å². The molecule has 1 rings (SSSR count). The minimum absolute atomic E-state index is 0.341. The molecule has 1 aromatic heterocycles. The zero-order chi connectivity index (χ0) is 17.5. The van der Waals surface area contributed by atoms with Crippen LogP contribution < -0.4 is 16.2 Å². The standard InChI is InChI=1S/C15H23N5O3/c1-5-12(9-16)20-13(21)8-11(10-19-20)17-6-7-18-14(22)23-15(2,3)4/h8,10,12,17H,5-7H2,1-4H3,(H,18,22). The topological polar surface area (TPSA) is 109 Å². The van der Waals surface area contributed by atoms with Crippen LogP contribution in [-0.4, -0.2) is 34.6 Å². The minimum Gasteiger partial charge on any atom is -0.444 e.